The second-order valence-electron chi connectivity index (χ2n) is 19.3. The average Bonchev–Trinajstić information content (AvgIpc) is 4.08. The first-order valence-corrected chi connectivity index (χ1v) is 24.4. The molecule has 2 aliphatic carbocycles. The van der Waals surface area contributed by atoms with E-state index in [1.165, 1.54) is 75.8 Å². The molecule has 0 fully saturated rings. The minimum absolute atomic E-state index is 0.333. The van der Waals surface area contributed by atoms with E-state index in [1.54, 1.807) is 0 Å². The van der Waals surface area contributed by atoms with Crippen molar-refractivity contribution in [2.75, 3.05) is 9.80 Å². The monoisotopic (exact) mass is 892 g/mol. The van der Waals surface area contributed by atoms with Crippen molar-refractivity contribution >= 4 is 65.6 Å². The molecule has 0 amide bonds. The molecule has 0 saturated heterocycles. The van der Waals surface area contributed by atoms with Gasteiger partial charge in [-0.3, -0.25) is 0 Å². The largest absolute Gasteiger partial charge is 0.455 e. The van der Waals surface area contributed by atoms with Gasteiger partial charge in [-0.25, -0.2) is 0 Å². The maximum atomic E-state index is 7.24. The molecular formula is C64H48N2OS. The van der Waals surface area contributed by atoms with Gasteiger partial charge in [0.1, 0.15) is 11.5 Å². The molecule has 11 aromatic rings. The first-order valence-electron chi connectivity index (χ1n) is 23.6. The van der Waals surface area contributed by atoms with Crippen LogP contribution in [0.4, 0.5) is 34.1 Å². The molecule has 2 heterocycles. The minimum atomic E-state index is -0.345. The van der Waals surface area contributed by atoms with Crippen LogP contribution in [0.5, 0.6) is 0 Å². The molecule has 0 N–H and O–H groups in total. The molecule has 9 aromatic carbocycles. The fourth-order valence-corrected chi connectivity index (χ4v) is 12.5. The third-order valence-corrected chi connectivity index (χ3v) is 15.8. The zero-order valence-corrected chi connectivity index (χ0v) is 39.3. The molecule has 0 aliphatic heterocycles. The van der Waals surface area contributed by atoms with Gasteiger partial charge in [0, 0.05) is 87.1 Å². The molecule has 68 heavy (non-hydrogen) atoms. The van der Waals surface area contributed by atoms with Crippen molar-refractivity contribution in [1.29, 1.82) is 0 Å². The summed E-state index contributed by atoms with van der Waals surface area (Å²) in [6, 6.07) is 79.6. The Morgan fingerprint density at radius 3 is 1.34 bits per heavy atom. The van der Waals surface area contributed by atoms with Crippen molar-refractivity contribution in [1.82, 2.24) is 0 Å². The van der Waals surface area contributed by atoms with E-state index in [0.717, 1.165) is 45.6 Å². The minimum Gasteiger partial charge on any atom is -0.455 e. The summed E-state index contributed by atoms with van der Waals surface area (Å²) >= 11 is 1.86. The van der Waals surface area contributed by atoms with Crippen molar-refractivity contribution in [3.63, 3.8) is 0 Å². The fourth-order valence-electron chi connectivity index (χ4n) is 11.4. The zero-order chi connectivity index (χ0) is 45.7. The van der Waals surface area contributed by atoms with Gasteiger partial charge in [-0.2, -0.15) is 0 Å². The summed E-state index contributed by atoms with van der Waals surface area (Å²) in [6.07, 6.45) is 0. The Hall–Kier alpha value is -7.92. The standard InChI is InChI=1S/C64H48N2OS/c1-63(2)53-39-45(65(43-24-12-7-13-25-43)55-29-17-14-26-47(55)41-20-8-5-9-21-41)32-35-50(53)61-59(63)60-62(67-61)51-36-33-46(40-54(51)64(60,3)4)66(56-30-18-15-27-48(56)42-22-10-6-11-23-42)44-34-37-58-52(38-44)49-28-16-19-31-57(49)68-58/h5-40H,1-4H3. The molecule has 0 atom stereocenters. The lowest BCUT2D eigenvalue weighted by atomic mass is 9.74. The molecule has 3 nitrogen and oxygen atoms in total. The van der Waals surface area contributed by atoms with Gasteiger partial charge in [0.15, 0.2) is 0 Å². The zero-order valence-electron chi connectivity index (χ0n) is 38.5. The van der Waals surface area contributed by atoms with Crippen molar-refractivity contribution in [3.05, 3.63) is 241 Å². The van der Waals surface area contributed by atoms with E-state index < -0.39 is 0 Å². The molecule has 2 aromatic heterocycles. The highest BCUT2D eigenvalue weighted by atomic mass is 32.1. The number of anilines is 6. The van der Waals surface area contributed by atoms with E-state index in [2.05, 4.69) is 256 Å². The summed E-state index contributed by atoms with van der Waals surface area (Å²) in [4.78, 5) is 4.87. The normalized spacial score (nSPS) is 13.8. The molecule has 0 spiro atoms. The number of furan rings is 1. The Bertz CT molecular complexity index is 3750. The summed E-state index contributed by atoms with van der Waals surface area (Å²) < 4.78 is 9.84. The number of fused-ring (bicyclic) bond motifs is 10. The maximum Gasteiger partial charge on any atom is 0.139 e. The van der Waals surface area contributed by atoms with Crippen molar-refractivity contribution < 1.29 is 4.42 Å². The maximum absolute atomic E-state index is 7.24. The van der Waals surface area contributed by atoms with Crippen LogP contribution in [-0.2, 0) is 10.8 Å². The molecule has 326 valence electrons. The predicted octanol–water partition coefficient (Wildman–Crippen LogP) is 18.5. The molecule has 4 heteroatoms. The lowest BCUT2D eigenvalue weighted by Gasteiger charge is -2.31. The molecule has 13 rings (SSSR count). The predicted molar refractivity (Wildman–Crippen MR) is 287 cm³/mol. The van der Waals surface area contributed by atoms with Crippen LogP contribution in [0.2, 0.25) is 0 Å². The Labute approximate surface area is 401 Å². The SMILES string of the molecule is CC1(C)c2cc(N(c3ccccc3)c3ccccc3-c3ccccc3)ccc2-c2oc3c(c21)C(C)(C)c1cc(N(c2ccc4sc5ccccc5c4c2)c2ccccc2-c2ccccc2)ccc1-3. The van der Waals surface area contributed by atoms with Crippen molar-refractivity contribution in [2.45, 2.75) is 38.5 Å². The van der Waals surface area contributed by atoms with Gasteiger partial charge in [-0.05, 0) is 107 Å². The summed E-state index contributed by atoms with van der Waals surface area (Å²) in [5, 5.41) is 2.57. The van der Waals surface area contributed by atoms with E-state index in [0.29, 0.717) is 0 Å². The Kier molecular flexibility index (Phi) is 9.09. The van der Waals surface area contributed by atoms with Crippen LogP contribution in [0, 0.1) is 0 Å². The Morgan fingerprint density at radius 2 is 0.779 bits per heavy atom. The van der Waals surface area contributed by atoms with Crippen LogP contribution in [0.1, 0.15) is 49.9 Å². The number of nitrogens with zero attached hydrogens (tertiary/aromatic N) is 2. The fraction of sp³-hybridized carbons (Fsp3) is 0.0938. The summed E-state index contributed by atoms with van der Waals surface area (Å²) in [5.41, 5.74) is 18.3. The molecule has 0 bridgehead atoms. The Balaban J connectivity index is 0.935. The topological polar surface area (TPSA) is 19.6 Å². The van der Waals surface area contributed by atoms with Crippen molar-refractivity contribution in [3.8, 4) is 44.9 Å². The highest BCUT2D eigenvalue weighted by molar-refractivity contribution is 7.25. The van der Waals surface area contributed by atoms with E-state index in [4.69, 9.17) is 4.42 Å². The van der Waals surface area contributed by atoms with Gasteiger partial charge in [0.2, 0.25) is 0 Å². The number of benzene rings is 9. The molecular weight excluding hydrogens is 845 g/mol. The van der Waals surface area contributed by atoms with E-state index in [1.807, 2.05) is 11.3 Å². The summed E-state index contributed by atoms with van der Waals surface area (Å²) in [6.45, 7) is 9.56. The quantitative estimate of drug-likeness (QED) is 0.152. The van der Waals surface area contributed by atoms with Gasteiger partial charge in [0.05, 0.1) is 11.4 Å². The van der Waals surface area contributed by atoms with Crippen LogP contribution >= 0.6 is 11.3 Å². The number of thiophene rings is 1. The van der Waals surface area contributed by atoms with E-state index >= 15 is 0 Å². The van der Waals surface area contributed by atoms with Crippen LogP contribution in [-0.4, -0.2) is 0 Å². The first kappa shape index (κ1) is 40.4. The highest BCUT2D eigenvalue weighted by Gasteiger charge is 2.50. The van der Waals surface area contributed by atoms with Crippen molar-refractivity contribution in [2.24, 2.45) is 0 Å². The van der Waals surface area contributed by atoms with E-state index in [-0.39, 0.29) is 10.8 Å². The number of rotatable bonds is 8. The van der Waals surface area contributed by atoms with Gasteiger partial charge in [-0.1, -0.05) is 161 Å². The molecule has 0 unspecified atom stereocenters. The van der Waals surface area contributed by atoms with Crippen LogP contribution < -0.4 is 9.80 Å². The number of hydrogen-bond acceptors (Lipinski definition) is 4. The molecule has 0 radical (unpaired) electrons. The number of para-hydroxylation sites is 3. The van der Waals surface area contributed by atoms with Crippen LogP contribution in [0.25, 0.3) is 65.1 Å². The smallest absolute Gasteiger partial charge is 0.139 e. The van der Waals surface area contributed by atoms with Crippen LogP contribution in [0.3, 0.4) is 0 Å². The molecule has 2 aliphatic rings. The second kappa shape index (κ2) is 15.3. The molecule has 0 saturated carbocycles. The summed E-state index contributed by atoms with van der Waals surface area (Å²) in [7, 11) is 0. The second-order valence-corrected chi connectivity index (χ2v) is 20.4. The third kappa shape index (κ3) is 6.10. The van der Waals surface area contributed by atoms with Gasteiger partial charge < -0.3 is 14.2 Å². The van der Waals surface area contributed by atoms with E-state index in [9.17, 15) is 0 Å². The highest BCUT2D eigenvalue weighted by Crippen LogP contribution is 2.62. The average molecular weight is 893 g/mol. The first-order chi connectivity index (χ1) is 33.3. The summed E-state index contributed by atoms with van der Waals surface area (Å²) in [5.74, 6) is 1.99. The van der Waals surface area contributed by atoms with Gasteiger partial charge in [0.25, 0.3) is 0 Å². The Morgan fingerprint density at radius 1 is 0.353 bits per heavy atom. The number of hydrogen-bond donors (Lipinski definition) is 0. The van der Waals surface area contributed by atoms with Gasteiger partial charge in [-0.15, -0.1) is 11.3 Å². The lowest BCUT2D eigenvalue weighted by Crippen LogP contribution is -2.23. The van der Waals surface area contributed by atoms with Crippen LogP contribution in [0.15, 0.2) is 223 Å². The third-order valence-electron chi connectivity index (χ3n) is 14.6. The van der Waals surface area contributed by atoms with Gasteiger partial charge >= 0.3 is 0 Å². The lowest BCUT2D eigenvalue weighted by molar-refractivity contribution is 0.592.